The molecule has 0 atom stereocenters. The van der Waals surface area contributed by atoms with Gasteiger partial charge < -0.3 is 5.73 Å². The fraction of sp³-hybridized carbons (Fsp3) is 0.357. The molecule has 17 heavy (non-hydrogen) atoms. The summed E-state index contributed by atoms with van der Waals surface area (Å²) in [4.78, 5) is 4.47. The Balaban J connectivity index is 2.52. The first-order chi connectivity index (χ1) is 8.03. The first kappa shape index (κ1) is 12.3. The Morgan fingerprint density at radius 1 is 1.24 bits per heavy atom. The molecule has 2 aromatic rings. The molecule has 1 aromatic carbocycles. The maximum Gasteiger partial charge on any atom is 0.0488 e. The highest BCUT2D eigenvalue weighted by atomic mass is 35.5. The highest BCUT2D eigenvalue weighted by molar-refractivity contribution is 6.35. The van der Waals surface area contributed by atoms with Crippen LogP contribution < -0.4 is 5.73 Å². The van der Waals surface area contributed by atoms with Crippen molar-refractivity contribution in [3.05, 3.63) is 41.2 Å². The average Bonchev–Trinajstić information content (AvgIpc) is 2.30. The van der Waals surface area contributed by atoms with Crippen molar-refractivity contribution >= 4 is 22.4 Å². The van der Waals surface area contributed by atoms with Crippen LogP contribution in [-0.4, -0.2) is 11.5 Å². The Morgan fingerprint density at radius 3 is 2.71 bits per heavy atom. The Kier molecular flexibility index (Phi) is 3.36. The molecule has 0 fully saturated rings. The number of aromatic nitrogens is 1. The molecule has 0 aliphatic carbocycles. The van der Waals surface area contributed by atoms with Crippen molar-refractivity contribution in [2.75, 3.05) is 6.54 Å². The monoisotopic (exact) mass is 248 g/mol. The minimum atomic E-state index is 0.0591. The summed E-state index contributed by atoms with van der Waals surface area (Å²) < 4.78 is 0. The molecule has 0 amide bonds. The number of hydrogen-bond donors (Lipinski definition) is 1. The summed E-state index contributed by atoms with van der Waals surface area (Å²) >= 11 is 6.18. The van der Waals surface area contributed by atoms with E-state index in [0.717, 1.165) is 27.9 Å². The van der Waals surface area contributed by atoms with E-state index in [1.54, 1.807) is 0 Å². The van der Waals surface area contributed by atoms with Crippen LogP contribution in [0, 0.1) is 5.41 Å². The van der Waals surface area contributed by atoms with Crippen LogP contribution in [0.25, 0.3) is 10.8 Å². The number of pyridine rings is 1. The molecule has 2 N–H and O–H groups in total. The lowest BCUT2D eigenvalue weighted by Crippen LogP contribution is -2.26. The van der Waals surface area contributed by atoms with Crippen LogP contribution in [-0.2, 0) is 6.42 Å². The molecular weight excluding hydrogens is 232 g/mol. The zero-order valence-corrected chi connectivity index (χ0v) is 11.0. The Hall–Kier alpha value is -1.12. The highest BCUT2D eigenvalue weighted by Crippen LogP contribution is 2.28. The van der Waals surface area contributed by atoms with E-state index in [-0.39, 0.29) is 5.41 Å². The molecule has 0 saturated carbocycles. The second kappa shape index (κ2) is 4.63. The van der Waals surface area contributed by atoms with Gasteiger partial charge in [-0.3, -0.25) is 4.98 Å². The molecule has 2 nitrogen and oxygen atoms in total. The lowest BCUT2D eigenvalue weighted by atomic mass is 9.86. The summed E-state index contributed by atoms with van der Waals surface area (Å²) in [6.07, 6.45) is 2.68. The van der Waals surface area contributed by atoms with Crippen molar-refractivity contribution in [1.82, 2.24) is 4.98 Å². The van der Waals surface area contributed by atoms with E-state index in [2.05, 4.69) is 24.9 Å². The Bertz CT molecular complexity index is 535. The van der Waals surface area contributed by atoms with Gasteiger partial charge in [0.2, 0.25) is 0 Å². The van der Waals surface area contributed by atoms with Crippen molar-refractivity contribution in [1.29, 1.82) is 0 Å². The van der Waals surface area contributed by atoms with Gasteiger partial charge in [-0.1, -0.05) is 37.6 Å². The average molecular weight is 249 g/mol. The van der Waals surface area contributed by atoms with Gasteiger partial charge >= 0.3 is 0 Å². The summed E-state index contributed by atoms with van der Waals surface area (Å²) in [7, 11) is 0. The molecule has 0 spiro atoms. The van der Waals surface area contributed by atoms with E-state index < -0.39 is 0 Å². The minimum absolute atomic E-state index is 0.0591. The lowest BCUT2D eigenvalue weighted by Gasteiger charge is -2.22. The van der Waals surface area contributed by atoms with E-state index in [1.807, 2.05) is 24.4 Å². The Labute approximate surface area is 107 Å². The molecule has 0 aliphatic heterocycles. The van der Waals surface area contributed by atoms with E-state index in [9.17, 15) is 0 Å². The van der Waals surface area contributed by atoms with Crippen LogP contribution in [0.4, 0.5) is 0 Å². The lowest BCUT2D eigenvalue weighted by molar-refractivity contribution is 0.374. The van der Waals surface area contributed by atoms with Crippen molar-refractivity contribution in [2.45, 2.75) is 20.3 Å². The number of benzene rings is 1. The predicted molar refractivity (Wildman–Crippen MR) is 73.3 cm³/mol. The van der Waals surface area contributed by atoms with Gasteiger partial charge in [0.05, 0.1) is 0 Å². The van der Waals surface area contributed by atoms with Gasteiger partial charge in [0.1, 0.15) is 0 Å². The molecule has 1 heterocycles. The van der Waals surface area contributed by atoms with Crippen LogP contribution in [0.1, 0.15) is 19.5 Å². The molecule has 0 radical (unpaired) electrons. The summed E-state index contributed by atoms with van der Waals surface area (Å²) in [6.45, 7) is 4.95. The largest absolute Gasteiger partial charge is 0.330 e. The number of nitrogens with two attached hydrogens (primary N) is 1. The van der Waals surface area contributed by atoms with E-state index in [0.29, 0.717) is 6.54 Å². The van der Waals surface area contributed by atoms with Crippen LogP contribution in [0.2, 0.25) is 5.02 Å². The van der Waals surface area contributed by atoms with Crippen LogP contribution in [0.5, 0.6) is 0 Å². The second-order valence-electron chi connectivity index (χ2n) is 5.14. The second-order valence-corrected chi connectivity index (χ2v) is 5.54. The molecule has 0 aliphatic rings. The molecule has 3 heteroatoms. The van der Waals surface area contributed by atoms with Gasteiger partial charge in [-0.05, 0) is 30.5 Å². The number of halogens is 1. The molecule has 0 saturated heterocycles. The highest BCUT2D eigenvalue weighted by Gasteiger charge is 2.18. The zero-order valence-electron chi connectivity index (χ0n) is 10.2. The van der Waals surface area contributed by atoms with Crippen molar-refractivity contribution in [2.24, 2.45) is 11.1 Å². The molecule has 90 valence electrons. The van der Waals surface area contributed by atoms with Gasteiger partial charge in [-0.15, -0.1) is 0 Å². The van der Waals surface area contributed by atoms with Gasteiger partial charge in [-0.2, -0.15) is 0 Å². The van der Waals surface area contributed by atoms with Crippen LogP contribution in [0.3, 0.4) is 0 Å². The smallest absolute Gasteiger partial charge is 0.0488 e. The molecule has 2 rings (SSSR count). The summed E-state index contributed by atoms with van der Waals surface area (Å²) in [5.74, 6) is 0. The molecular formula is C14H17ClN2. The predicted octanol–water partition coefficient (Wildman–Crippen LogP) is 3.42. The maximum atomic E-state index is 6.18. The van der Waals surface area contributed by atoms with E-state index in [1.165, 1.54) is 0 Å². The third-order valence-corrected chi connectivity index (χ3v) is 3.36. The third-order valence-electron chi connectivity index (χ3n) is 3.03. The van der Waals surface area contributed by atoms with Crippen LogP contribution >= 0.6 is 11.6 Å². The minimum Gasteiger partial charge on any atom is -0.330 e. The fourth-order valence-corrected chi connectivity index (χ4v) is 2.13. The first-order valence-electron chi connectivity index (χ1n) is 5.76. The number of rotatable bonds is 3. The van der Waals surface area contributed by atoms with E-state index >= 15 is 0 Å². The maximum absolute atomic E-state index is 6.18. The van der Waals surface area contributed by atoms with Gasteiger partial charge in [0, 0.05) is 27.7 Å². The fourth-order valence-electron chi connectivity index (χ4n) is 1.90. The molecule has 0 bridgehead atoms. The standard InChI is InChI=1S/C14H17ClN2/c1-14(2,9-16)8-13-11-4-3-5-12(15)10(11)6-7-17-13/h3-7H,8-9,16H2,1-2H3. The number of hydrogen-bond acceptors (Lipinski definition) is 2. The quantitative estimate of drug-likeness (QED) is 0.904. The van der Waals surface area contributed by atoms with E-state index in [4.69, 9.17) is 17.3 Å². The van der Waals surface area contributed by atoms with Crippen molar-refractivity contribution in [3.8, 4) is 0 Å². The number of fused-ring (bicyclic) bond motifs is 1. The van der Waals surface area contributed by atoms with Crippen LogP contribution in [0.15, 0.2) is 30.5 Å². The Morgan fingerprint density at radius 2 is 2.00 bits per heavy atom. The van der Waals surface area contributed by atoms with Gasteiger partial charge in [0.25, 0.3) is 0 Å². The van der Waals surface area contributed by atoms with Gasteiger partial charge in [-0.25, -0.2) is 0 Å². The SMILES string of the molecule is CC(C)(CN)Cc1nccc2c(Cl)cccc12. The normalized spacial score (nSPS) is 12.0. The summed E-state index contributed by atoms with van der Waals surface area (Å²) in [5.41, 5.74) is 6.90. The summed E-state index contributed by atoms with van der Waals surface area (Å²) in [6, 6.07) is 7.89. The molecule has 0 unspecified atom stereocenters. The number of nitrogens with zero attached hydrogens (tertiary/aromatic N) is 1. The third kappa shape index (κ3) is 2.59. The summed E-state index contributed by atoms with van der Waals surface area (Å²) in [5, 5.41) is 2.96. The van der Waals surface area contributed by atoms with Crippen molar-refractivity contribution in [3.63, 3.8) is 0 Å². The van der Waals surface area contributed by atoms with Gasteiger partial charge in [0.15, 0.2) is 0 Å². The van der Waals surface area contributed by atoms with Crippen molar-refractivity contribution < 1.29 is 0 Å². The molecule has 1 aromatic heterocycles. The first-order valence-corrected chi connectivity index (χ1v) is 6.13. The topological polar surface area (TPSA) is 38.9 Å². The zero-order chi connectivity index (χ0) is 12.5.